The van der Waals surface area contributed by atoms with E-state index < -0.39 is 23.8 Å². The van der Waals surface area contributed by atoms with Crippen molar-refractivity contribution in [2.45, 2.75) is 20.3 Å². The molecule has 6 nitrogen and oxygen atoms in total. The fourth-order valence-electron chi connectivity index (χ4n) is 0.955. The molecule has 0 aliphatic rings. The van der Waals surface area contributed by atoms with Crippen LogP contribution in [0, 0.1) is 11.8 Å². The first-order valence-electron chi connectivity index (χ1n) is 3.84. The molecule has 13 heavy (non-hydrogen) atoms. The third-order valence-corrected chi connectivity index (χ3v) is 1.74. The predicted molar refractivity (Wildman–Crippen MR) is 43.5 cm³/mol. The van der Waals surface area contributed by atoms with E-state index >= 15 is 0 Å². The number of rotatable bonds is 4. The smallest absolute Gasteiger partial charge is 0.327 e. The van der Waals surface area contributed by atoms with Gasteiger partial charge in [0.2, 0.25) is 0 Å². The van der Waals surface area contributed by atoms with E-state index in [0.717, 1.165) is 0 Å². The van der Waals surface area contributed by atoms with Crippen LogP contribution < -0.4 is 11.8 Å². The molecule has 0 heterocycles. The van der Waals surface area contributed by atoms with Crippen molar-refractivity contribution < 1.29 is 19.3 Å². The van der Waals surface area contributed by atoms with Crippen molar-refractivity contribution in [2.75, 3.05) is 0 Å². The second kappa shape index (κ2) is 5.50. The SMILES string of the molecule is CC(CC(C)C(=O)ON)C(=O)ON. The minimum atomic E-state index is -0.559. The predicted octanol–water partition coefficient (Wildman–Crippen LogP) is -0.517. The summed E-state index contributed by atoms with van der Waals surface area (Å²) in [5.74, 6) is 7.33. The van der Waals surface area contributed by atoms with E-state index in [4.69, 9.17) is 0 Å². The van der Waals surface area contributed by atoms with Crippen molar-refractivity contribution in [1.82, 2.24) is 0 Å². The molecule has 2 atom stereocenters. The zero-order chi connectivity index (χ0) is 10.4. The highest BCUT2D eigenvalue weighted by molar-refractivity contribution is 5.75. The molecule has 76 valence electrons. The van der Waals surface area contributed by atoms with Crippen LogP contribution in [-0.2, 0) is 19.3 Å². The Bertz CT molecular complexity index is 175. The van der Waals surface area contributed by atoms with E-state index in [-0.39, 0.29) is 0 Å². The van der Waals surface area contributed by atoms with Gasteiger partial charge in [0.05, 0.1) is 11.8 Å². The summed E-state index contributed by atoms with van der Waals surface area (Å²) >= 11 is 0. The molecule has 0 saturated heterocycles. The average molecular weight is 190 g/mol. The first-order chi connectivity index (χ1) is 6.02. The van der Waals surface area contributed by atoms with Crippen LogP contribution in [-0.4, -0.2) is 11.9 Å². The van der Waals surface area contributed by atoms with E-state index in [0.29, 0.717) is 6.42 Å². The lowest BCUT2D eigenvalue weighted by atomic mass is 9.98. The lowest BCUT2D eigenvalue weighted by Crippen LogP contribution is -2.25. The molecule has 0 spiro atoms. The molecule has 4 N–H and O–H groups in total. The van der Waals surface area contributed by atoms with Gasteiger partial charge in [-0.05, 0) is 6.42 Å². The minimum absolute atomic E-state index is 0.298. The van der Waals surface area contributed by atoms with Crippen LogP contribution in [0.1, 0.15) is 20.3 Å². The van der Waals surface area contributed by atoms with Crippen molar-refractivity contribution >= 4 is 11.9 Å². The molecule has 0 aromatic heterocycles. The molecule has 0 radical (unpaired) electrons. The first-order valence-corrected chi connectivity index (χ1v) is 3.84. The molecule has 0 bridgehead atoms. The molecule has 0 aliphatic heterocycles. The molecule has 0 aromatic carbocycles. The normalized spacial score (nSPS) is 14.5. The van der Waals surface area contributed by atoms with Crippen LogP contribution in [0.5, 0.6) is 0 Å². The highest BCUT2D eigenvalue weighted by atomic mass is 16.7. The Morgan fingerprint density at radius 3 is 1.62 bits per heavy atom. The van der Waals surface area contributed by atoms with Crippen LogP contribution in [0.2, 0.25) is 0 Å². The second-order valence-electron chi connectivity index (χ2n) is 2.91. The zero-order valence-corrected chi connectivity index (χ0v) is 7.65. The van der Waals surface area contributed by atoms with Crippen molar-refractivity contribution in [3.63, 3.8) is 0 Å². The summed E-state index contributed by atoms with van der Waals surface area (Å²) < 4.78 is 0. The Morgan fingerprint density at radius 1 is 1.08 bits per heavy atom. The van der Waals surface area contributed by atoms with Gasteiger partial charge in [0.25, 0.3) is 0 Å². The molecular weight excluding hydrogens is 176 g/mol. The van der Waals surface area contributed by atoms with Crippen LogP contribution >= 0.6 is 0 Å². The Kier molecular flexibility index (Phi) is 5.01. The molecule has 0 rings (SSSR count). The molecule has 0 fully saturated rings. The van der Waals surface area contributed by atoms with Crippen LogP contribution in [0.3, 0.4) is 0 Å². The second-order valence-corrected chi connectivity index (χ2v) is 2.91. The van der Waals surface area contributed by atoms with Gasteiger partial charge in [0.15, 0.2) is 0 Å². The zero-order valence-electron chi connectivity index (χ0n) is 7.65. The van der Waals surface area contributed by atoms with Gasteiger partial charge in [-0.1, -0.05) is 13.8 Å². The van der Waals surface area contributed by atoms with Crippen molar-refractivity contribution in [1.29, 1.82) is 0 Å². The number of carbonyl (C=O) groups is 2. The summed E-state index contributed by atoms with van der Waals surface area (Å²) in [6.07, 6.45) is 0.298. The van der Waals surface area contributed by atoms with Gasteiger partial charge in [0, 0.05) is 0 Å². The highest BCUT2D eigenvalue weighted by Gasteiger charge is 2.22. The Labute approximate surface area is 76.1 Å². The van der Waals surface area contributed by atoms with Crippen molar-refractivity contribution in [3.8, 4) is 0 Å². The monoisotopic (exact) mass is 190 g/mol. The van der Waals surface area contributed by atoms with Gasteiger partial charge in [-0.3, -0.25) is 9.59 Å². The summed E-state index contributed by atoms with van der Waals surface area (Å²) in [6.45, 7) is 3.21. The Morgan fingerprint density at radius 2 is 1.38 bits per heavy atom. The van der Waals surface area contributed by atoms with Gasteiger partial charge in [-0.2, -0.15) is 11.8 Å². The first kappa shape index (κ1) is 11.9. The molecule has 0 saturated carbocycles. The van der Waals surface area contributed by atoms with Crippen LogP contribution in [0.25, 0.3) is 0 Å². The molecule has 6 heteroatoms. The topological polar surface area (TPSA) is 105 Å². The van der Waals surface area contributed by atoms with Crippen molar-refractivity contribution in [2.24, 2.45) is 23.6 Å². The molecule has 0 amide bonds. The maximum absolute atomic E-state index is 10.8. The summed E-state index contributed by atoms with van der Waals surface area (Å²) in [5.41, 5.74) is 0. The third kappa shape index (κ3) is 3.86. The summed E-state index contributed by atoms with van der Waals surface area (Å²) in [5, 5.41) is 0. The van der Waals surface area contributed by atoms with Gasteiger partial charge < -0.3 is 9.68 Å². The van der Waals surface area contributed by atoms with E-state index in [2.05, 4.69) is 21.5 Å². The number of hydrogen-bond acceptors (Lipinski definition) is 6. The summed E-state index contributed by atoms with van der Waals surface area (Å²) in [7, 11) is 0. The van der Waals surface area contributed by atoms with E-state index in [1.54, 1.807) is 13.8 Å². The van der Waals surface area contributed by atoms with E-state index in [1.165, 1.54) is 0 Å². The number of nitrogens with two attached hydrogens (primary N) is 2. The van der Waals surface area contributed by atoms with Crippen molar-refractivity contribution in [3.05, 3.63) is 0 Å². The minimum Gasteiger partial charge on any atom is -0.373 e. The van der Waals surface area contributed by atoms with E-state index in [9.17, 15) is 9.59 Å². The standard InChI is InChI=1S/C7H14N2O4/c1-4(6(10)12-8)3-5(2)7(11)13-9/h4-5H,3,8-9H2,1-2H3. The summed E-state index contributed by atoms with van der Waals surface area (Å²) in [4.78, 5) is 29.7. The molecular formula is C7H14N2O4. The lowest BCUT2D eigenvalue weighted by molar-refractivity contribution is -0.152. The Hall–Kier alpha value is -1.14. The number of hydrogen-bond donors (Lipinski definition) is 2. The Balaban J connectivity index is 3.98. The lowest BCUT2D eigenvalue weighted by Gasteiger charge is -2.12. The number of carbonyl (C=O) groups excluding carboxylic acids is 2. The van der Waals surface area contributed by atoms with Gasteiger partial charge >= 0.3 is 11.9 Å². The van der Waals surface area contributed by atoms with Gasteiger partial charge in [-0.25, -0.2) is 0 Å². The molecule has 0 aromatic rings. The highest BCUT2D eigenvalue weighted by Crippen LogP contribution is 2.13. The van der Waals surface area contributed by atoms with Crippen LogP contribution in [0.15, 0.2) is 0 Å². The average Bonchev–Trinajstić information content (AvgIpc) is 2.14. The van der Waals surface area contributed by atoms with Crippen LogP contribution in [0.4, 0.5) is 0 Å². The maximum Gasteiger partial charge on any atom is 0.327 e. The summed E-state index contributed by atoms with van der Waals surface area (Å²) in [6, 6.07) is 0. The fourth-order valence-corrected chi connectivity index (χ4v) is 0.955. The largest absolute Gasteiger partial charge is 0.373 e. The maximum atomic E-state index is 10.8. The third-order valence-electron chi connectivity index (χ3n) is 1.74. The molecule has 2 unspecified atom stereocenters. The quantitative estimate of drug-likeness (QED) is 0.578. The van der Waals surface area contributed by atoms with Gasteiger partial charge in [0.1, 0.15) is 0 Å². The fraction of sp³-hybridized carbons (Fsp3) is 0.714. The van der Waals surface area contributed by atoms with Gasteiger partial charge in [-0.15, -0.1) is 0 Å². The van der Waals surface area contributed by atoms with E-state index in [1.807, 2.05) is 0 Å². The molecule has 0 aliphatic carbocycles.